The summed E-state index contributed by atoms with van der Waals surface area (Å²) in [6.45, 7) is 3.66. The highest BCUT2D eigenvalue weighted by Crippen LogP contribution is 2.21. The van der Waals surface area contributed by atoms with Crippen molar-refractivity contribution in [3.63, 3.8) is 0 Å². The molecule has 0 saturated carbocycles. The largest absolute Gasteiger partial charge is 0.384 e. The molecule has 0 fully saturated rings. The molecule has 0 aliphatic heterocycles. The Balaban J connectivity index is 2.58. The number of rotatable bonds is 3. The maximum absolute atomic E-state index is 11.5. The van der Waals surface area contributed by atoms with E-state index in [0.29, 0.717) is 0 Å². The Kier molecular flexibility index (Phi) is 4.17. The molecular weight excluding hydrogens is 196 g/mol. The minimum absolute atomic E-state index is 0.0290. The zero-order valence-corrected chi connectivity index (χ0v) is 9.12. The molecule has 0 aliphatic rings. The van der Waals surface area contributed by atoms with E-state index < -0.39 is 6.10 Å². The smallest absolute Gasteiger partial charge is 0.222 e. The predicted molar refractivity (Wildman–Crippen MR) is 58.2 cm³/mol. The molecule has 0 amide bonds. The summed E-state index contributed by atoms with van der Waals surface area (Å²) < 4.78 is 0. The van der Waals surface area contributed by atoms with Gasteiger partial charge in [-0.1, -0.05) is 32.0 Å². The number of hydrogen-bond donors (Lipinski definition) is 1. The molecule has 2 nitrogen and oxygen atoms in total. The van der Waals surface area contributed by atoms with Gasteiger partial charge in [0.05, 0.1) is 0 Å². The van der Waals surface area contributed by atoms with Gasteiger partial charge in [0.2, 0.25) is 5.12 Å². The summed E-state index contributed by atoms with van der Waals surface area (Å²) in [5.41, 5.74) is 0. The highest BCUT2D eigenvalue weighted by Gasteiger charge is 2.19. The van der Waals surface area contributed by atoms with Crippen LogP contribution < -0.4 is 0 Å². The summed E-state index contributed by atoms with van der Waals surface area (Å²) in [6, 6.07) is 9.35. The van der Waals surface area contributed by atoms with Crippen LogP contribution in [0.25, 0.3) is 0 Å². The number of benzene rings is 1. The average Bonchev–Trinajstić information content (AvgIpc) is 2.18. The van der Waals surface area contributed by atoms with E-state index in [2.05, 4.69) is 0 Å². The van der Waals surface area contributed by atoms with Crippen LogP contribution in [0, 0.1) is 5.92 Å². The van der Waals surface area contributed by atoms with Crippen molar-refractivity contribution in [1.29, 1.82) is 0 Å². The molecule has 76 valence electrons. The lowest BCUT2D eigenvalue weighted by Crippen LogP contribution is -2.23. The van der Waals surface area contributed by atoms with Gasteiger partial charge in [0, 0.05) is 4.90 Å². The van der Waals surface area contributed by atoms with Crippen LogP contribution in [0.15, 0.2) is 35.2 Å². The van der Waals surface area contributed by atoms with Gasteiger partial charge in [0.25, 0.3) is 0 Å². The molecule has 0 aliphatic carbocycles. The van der Waals surface area contributed by atoms with Crippen LogP contribution in [0.2, 0.25) is 0 Å². The second kappa shape index (κ2) is 5.17. The standard InChI is InChI=1S/C11H14O2S/c1-8(2)10(12)11(13)14-9-6-4-3-5-7-9/h3-8,10,12H,1-2H3. The van der Waals surface area contributed by atoms with E-state index in [1.165, 1.54) is 0 Å². The van der Waals surface area contributed by atoms with E-state index in [4.69, 9.17) is 0 Å². The Morgan fingerprint density at radius 3 is 2.36 bits per heavy atom. The number of thioether (sulfide) groups is 1. The summed E-state index contributed by atoms with van der Waals surface area (Å²) >= 11 is 1.09. The minimum Gasteiger partial charge on any atom is -0.384 e. The lowest BCUT2D eigenvalue weighted by Gasteiger charge is -2.11. The Hall–Kier alpha value is -0.800. The number of carbonyl (C=O) groups excluding carboxylic acids is 1. The fourth-order valence-corrected chi connectivity index (χ4v) is 1.86. The molecule has 0 spiro atoms. The van der Waals surface area contributed by atoms with Gasteiger partial charge in [-0.2, -0.15) is 0 Å². The number of aliphatic hydroxyl groups excluding tert-OH is 1. The number of carbonyl (C=O) groups is 1. The third-order valence-electron chi connectivity index (χ3n) is 1.83. The van der Waals surface area contributed by atoms with Gasteiger partial charge in [-0.05, 0) is 29.8 Å². The number of hydrogen-bond acceptors (Lipinski definition) is 3. The molecule has 0 radical (unpaired) electrons. The molecule has 1 aromatic carbocycles. The fourth-order valence-electron chi connectivity index (χ4n) is 0.937. The van der Waals surface area contributed by atoms with E-state index in [9.17, 15) is 9.90 Å². The van der Waals surface area contributed by atoms with Gasteiger partial charge in [-0.15, -0.1) is 0 Å². The SMILES string of the molecule is CC(C)C(O)C(=O)Sc1ccccc1. The first kappa shape index (κ1) is 11.3. The molecule has 1 N–H and O–H groups in total. The van der Waals surface area contributed by atoms with E-state index in [1.54, 1.807) is 0 Å². The Bertz CT molecular complexity index is 295. The van der Waals surface area contributed by atoms with Crippen LogP contribution in [-0.2, 0) is 4.79 Å². The van der Waals surface area contributed by atoms with Crippen molar-refractivity contribution in [3.8, 4) is 0 Å². The van der Waals surface area contributed by atoms with Crippen molar-refractivity contribution in [1.82, 2.24) is 0 Å². The summed E-state index contributed by atoms with van der Waals surface area (Å²) in [5, 5.41) is 9.30. The van der Waals surface area contributed by atoms with Crippen molar-refractivity contribution in [2.24, 2.45) is 5.92 Å². The average molecular weight is 210 g/mol. The van der Waals surface area contributed by atoms with Gasteiger partial charge in [-0.25, -0.2) is 0 Å². The minimum atomic E-state index is -0.875. The Labute approximate surface area is 88.3 Å². The first-order chi connectivity index (χ1) is 6.61. The van der Waals surface area contributed by atoms with Gasteiger partial charge in [0.15, 0.2) is 0 Å². The topological polar surface area (TPSA) is 37.3 Å². The maximum Gasteiger partial charge on any atom is 0.222 e. The first-order valence-corrected chi connectivity index (χ1v) is 5.37. The molecule has 3 heteroatoms. The highest BCUT2D eigenvalue weighted by atomic mass is 32.2. The first-order valence-electron chi connectivity index (χ1n) is 4.56. The van der Waals surface area contributed by atoms with Crippen LogP contribution in [0.4, 0.5) is 0 Å². The molecule has 1 aromatic rings. The van der Waals surface area contributed by atoms with Crippen LogP contribution in [0.5, 0.6) is 0 Å². The van der Waals surface area contributed by atoms with Crippen molar-refractivity contribution >= 4 is 16.9 Å². The molecule has 0 aromatic heterocycles. The second-order valence-electron chi connectivity index (χ2n) is 3.42. The second-order valence-corrected chi connectivity index (χ2v) is 4.50. The van der Waals surface area contributed by atoms with Gasteiger partial charge >= 0.3 is 0 Å². The third-order valence-corrected chi connectivity index (χ3v) is 2.79. The van der Waals surface area contributed by atoms with E-state index >= 15 is 0 Å². The maximum atomic E-state index is 11.5. The van der Waals surface area contributed by atoms with E-state index in [-0.39, 0.29) is 11.0 Å². The highest BCUT2D eigenvalue weighted by molar-refractivity contribution is 8.13. The fraction of sp³-hybridized carbons (Fsp3) is 0.364. The molecule has 0 heterocycles. The normalized spacial score (nSPS) is 12.9. The van der Waals surface area contributed by atoms with Crippen LogP contribution in [-0.4, -0.2) is 16.3 Å². The van der Waals surface area contributed by atoms with Crippen molar-refractivity contribution in [2.75, 3.05) is 0 Å². The van der Waals surface area contributed by atoms with Crippen molar-refractivity contribution in [3.05, 3.63) is 30.3 Å². The lowest BCUT2D eigenvalue weighted by molar-refractivity contribution is -0.120. The molecule has 0 saturated heterocycles. The van der Waals surface area contributed by atoms with Crippen molar-refractivity contribution in [2.45, 2.75) is 24.8 Å². The Morgan fingerprint density at radius 1 is 1.29 bits per heavy atom. The molecule has 1 unspecified atom stereocenters. The Morgan fingerprint density at radius 2 is 1.86 bits per heavy atom. The monoisotopic (exact) mass is 210 g/mol. The van der Waals surface area contributed by atoms with Crippen LogP contribution in [0.1, 0.15) is 13.8 Å². The summed E-state index contributed by atoms with van der Waals surface area (Å²) in [7, 11) is 0. The zero-order chi connectivity index (χ0) is 10.6. The molecule has 1 rings (SSSR count). The zero-order valence-electron chi connectivity index (χ0n) is 8.31. The van der Waals surface area contributed by atoms with Crippen LogP contribution >= 0.6 is 11.8 Å². The van der Waals surface area contributed by atoms with Gasteiger partial charge in [0.1, 0.15) is 6.10 Å². The molecular formula is C11H14O2S. The van der Waals surface area contributed by atoms with E-state index in [1.807, 2.05) is 44.2 Å². The predicted octanol–water partition coefficient (Wildman–Crippen LogP) is 2.32. The van der Waals surface area contributed by atoms with Gasteiger partial charge in [-0.3, -0.25) is 4.79 Å². The molecule has 14 heavy (non-hydrogen) atoms. The third kappa shape index (κ3) is 3.16. The van der Waals surface area contributed by atoms with Crippen molar-refractivity contribution < 1.29 is 9.90 Å². The van der Waals surface area contributed by atoms with Crippen LogP contribution in [0.3, 0.4) is 0 Å². The number of aliphatic hydroxyl groups is 1. The lowest BCUT2D eigenvalue weighted by atomic mass is 10.1. The van der Waals surface area contributed by atoms with E-state index in [0.717, 1.165) is 16.7 Å². The summed E-state index contributed by atoms with van der Waals surface area (Å²) in [4.78, 5) is 12.3. The summed E-state index contributed by atoms with van der Waals surface area (Å²) in [5.74, 6) is -0.0290. The van der Waals surface area contributed by atoms with Gasteiger partial charge < -0.3 is 5.11 Å². The molecule has 0 bridgehead atoms. The quantitative estimate of drug-likeness (QED) is 0.778. The molecule has 1 atom stereocenters. The summed E-state index contributed by atoms with van der Waals surface area (Å²) in [6.07, 6.45) is -0.875.